The summed E-state index contributed by atoms with van der Waals surface area (Å²) in [6.45, 7) is 0. The molecule has 0 aliphatic rings. The average Bonchev–Trinajstić information content (AvgIpc) is 3.40. The molecule has 0 radical (unpaired) electrons. The van der Waals surface area contributed by atoms with Gasteiger partial charge in [-0.1, -0.05) is 48.2 Å². The van der Waals surface area contributed by atoms with Gasteiger partial charge in [0.25, 0.3) is 0 Å². The van der Waals surface area contributed by atoms with Crippen molar-refractivity contribution >= 4 is 29.2 Å². The third kappa shape index (κ3) is 6.21. The Morgan fingerprint density at radius 3 is 2.40 bits per heavy atom. The van der Waals surface area contributed by atoms with Crippen LogP contribution in [0.3, 0.4) is 0 Å². The van der Waals surface area contributed by atoms with Crippen molar-refractivity contribution in [1.82, 2.24) is 9.97 Å². The molecule has 0 saturated heterocycles. The Labute approximate surface area is 201 Å². The van der Waals surface area contributed by atoms with E-state index in [0.717, 1.165) is 11.1 Å². The van der Waals surface area contributed by atoms with Crippen LogP contribution in [-0.4, -0.2) is 32.9 Å². The number of hydrogen-bond donors (Lipinski definition) is 4. The molecule has 0 fully saturated rings. The molecule has 0 aliphatic carbocycles. The van der Waals surface area contributed by atoms with Gasteiger partial charge in [-0.15, -0.1) is 0 Å². The normalized spacial score (nSPS) is 10.1. The number of carbonyl (C=O) groups excluding carboxylic acids is 2. The summed E-state index contributed by atoms with van der Waals surface area (Å²) in [6.07, 6.45) is 1.58. The first-order valence-electron chi connectivity index (χ1n) is 10.6. The van der Waals surface area contributed by atoms with Crippen LogP contribution in [0.5, 0.6) is 0 Å². The second kappa shape index (κ2) is 10.6. The van der Waals surface area contributed by atoms with E-state index in [0.29, 0.717) is 17.0 Å². The molecule has 0 unspecified atom stereocenters. The van der Waals surface area contributed by atoms with Crippen LogP contribution in [-0.2, 0) is 4.79 Å². The first kappa shape index (κ1) is 23.0. The highest BCUT2D eigenvalue weighted by Gasteiger charge is 2.15. The van der Waals surface area contributed by atoms with E-state index in [1.165, 1.54) is 6.07 Å². The summed E-state index contributed by atoms with van der Waals surface area (Å²) in [5.41, 5.74) is 2.84. The Kier molecular flexibility index (Phi) is 6.99. The maximum absolute atomic E-state index is 12.7. The second-order valence-electron chi connectivity index (χ2n) is 7.47. The van der Waals surface area contributed by atoms with Crippen LogP contribution in [0.2, 0.25) is 0 Å². The van der Waals surface area contributed by atoms with Crippen molar-refractivity contribution < 1.29 is 19.5 Å². The summed E-state index contributed by atoms with van der Waals surface area (Å²) < 4.78 is 0. The van der Waals surface area contributed by atoms with Gasteiger partial charge >= 0.3 is 6.09 Å². The highest BCUT2D eigenvalue weighted by Crippen LogP contribution is 2.24. The molecule has 3 aromatic carbocycles. The molecule has 35 heavy (non-hydrogen) atoms. The smallest absolute Gasteiger partial charge is 0.409 e. The summed E-state index contributed by atoms with van der Waals surface area (Å²) in [7, 11) is 0. The Morgan fingerprint density at radius 1 is 0.857 bits per heavy atom. The SMILES string of the molecule is O=C(O)Nc1ccc(C#Cc2ccccc2)cc1NC(=O)CC(=O)c1cccc(-c2ncc[nH]2)c1. The van der Waals surface area contributed by atoms with E-state index in [1.807, 2.05) is 36.4 Å². The highest BCUT2D eigenvalue weighted by molar-refractivity contribution is 6.12. The topological polar surface area (TPSA) is 124 Å². The lowest BCUT2D eigenvalue weighted by molar-refractivity contribution is -0.115. The number of amides is 2. The Balaban J connectivity index is 1.51. The predicted molar refractivity (Wildman–Crippen MR) is 132 cm³/mol. The van der Waals surface area contributed by atoms with E-state index in [-0.39, 0.29) is 17.2 Å². The summed E-state index contributed by atoms with van der Waals surface area (Å²) in [6, 6.07) is 20.9. The van der Waals surface area contributed by atoms with Gasteiger partial charge in [-0.05, 0) is 36.4 Å². The molecule has 4 aromatic rings. The molecule has 2 amide bonds. The fraction of sp³-hybridized carbons (Fsp3) is 0.0370. The number of Topliss-reactive ketones (excluding diaryl/α,β-unsaturated/α-hetero) is 1. The van der Waals surface area contributed by atoms with Crippen molar-refractivity contribution in [2.45, 2.75) is 6.42 Å². The van der Waals surface area contributed by atoms with Gasteiger partial charge in [0.2, 0.25) is 5.91 Å². The van der Waals surface area contributed by atoms with Crippen molar-refractivity contribution in [2.75, 3.05) is 10.6 Å². The first-order chi connectivity index (χ1) is 17.0. The van der Waals surface area contributed by atoms with E-state index in [9.17, 15) is 14.4 Å². The lowest BCUT2D eigenvalue weighted by Crippen LogP contribution is -2.18. The number of aromatic amines is 1. The number of nitrogens with one attached hydrogen (secondary N) is 3. The molecule has 0 atom stereocenters. The van der Waals surface area contributed by atoms with Gasteiger partial charge in [-0.3, -0.25) is 14.9 Å². The molecule has 4 N–H and O–H groups in total. The Hall–Kier alpha value is -5.16. The fourth-order valence-electron chi connectivity index (χ4n) is 3.32. The number of ketones is 1. The van der Waals surface area contributed by atoms with Gasteiger partial charge in [0.1, 0.15) is 5.82 Å². The number of carbonyl (C=O) groups is 3. The number of hydrogen-bond acceptors (Lipinski definition) is 4. The molecule has 4 rings (SSSR count). The van der Waals surface area contributed by atoms with E-state index >= 15 is 0 Å². The average molecular weight is 464 g/mol. The minimum absolute atomic E-state index is 0.170. The molecule has 8 heteroatoms. The number of H-pyrrole nitrogens is 1. The van der Waals surface area contributed by atoms with Gasteiger partial charge in [-0.2, -0.15) is 0 Å². The van der Waals surface area contributed by atoms with Crippen molar-refractivity contribution in [3.63, 3.8) is 0 Å². The molecular formula is C27H20N4O4. The van der Waals surface area contributed by atoms with Crippen LogP contribution in [0.25, 0.3) is 11.4 Å². The summed E-state index contributed by atoms with van der Waals surface area (Å²) >= 11 is 0. The minimum atomic E-state index is -1.28. The van der Waals surface area contributed by atoms with Crippen LogP contribution in [0, 0.1) is 11.8 Å². The van der Waals surface area contributed by atoms with Crippen LogP contribution >= 0.6 is 0 Å². The van der Waals surface area contributed by atoms with Crippen LogP contribution in [0.15, 0.2) is 85.2 Å². The molecule has 0 saturated carbocycles. The fourth-order valence-corrected chi connectivity index (χ4v) is 3.32. The lowest BCUT2D eigenvalue weighted by atomic mass is 10.0. The lowest BCUT2D eigenvalue weighted by Gasteiger charge is -2.11. The highest BCUT2D eigenvalue weighted by atomic mass is 16.4. The van der Waals surface area contributed by atoms with E-state index in [4.69, 9.17) is 5.11 Å². The molecule has 8 nitrogen and oxygen atoms in total. The number of rotatable bonds is 6. The molecular weight excluding hydrogens is 444 g/mol. The number of anilines is 2. The number of nitrogens with zero attached hydrogens (tertiary/aromatic N) is 1. The molecule has 0 bridgehead atoms. The molecule has 0 spiro atoms. The molecule has 1 aromatic heterocycles. The van der Waals surface area contributed by atoms with Crippen LogP contribution in [0.1, 0.15) is 27.9 Å². The third-order valence-corrected chi connectivity index (χ3v) is 4.94. The number of imidazole rings is 1. The molecule has 172 valence electrons. The van der Waals surface area contributed by atoms with Crippen molar-refractivity contribution in [3.05, 3.63) is 102 Å². The van der Waals surface area contributed by atoms with Gasteiger partial charge in [0, 0.05) is 34.6 Å². The predicted octanol–water partition coefficient (Wildman–Crippen LogP) is 4.78. The Morgan fingerprint density at radius 2 is 1.66 bits per heavy atom. The minimum Gasteiger partial charge on any atom is -0.465 e. The summed E-state index contributed by atoms with van der Waals surface area (Å²) in [4.78, 5) is 43.7. The summed E-state index contributed by atoms with van der Waals surface area (Å²) in [5, 5.41) is 14.0. The van der Waals surface area contributed by atoms with E-state index in [2.05, 4.69) is 32.4 Å². The van der Waals surface area contributed by atoms with Gasteiger partial charge < -0.3 is 15.4 Å². The maximum atomic E-state index is 12.7. The van der Waals surface area contributed by atoms with Crippen molar-refractivity contribution in [3.8, 4) is 23.2 Å². The first-order valence-corrected chi connectivity index (χ1v) is 10.6. The standard InChI is InChI=1S/C27H20N4O4/c32-24(20-7-4-8-21(16-20)26-28-13-14-29-26)17-25(33)30-23-15-19(11-12-22(23)31-27(34)35)10-9-18-5-2-1-3-6-18/h1-8,11-16,31H,17H2,(H,28,29)(H,30,33)(H,34,35). The van der Waals surface area contributed by atoms with Crippen LogP contribution in [0.4, 0.5) is 16.2 Å². The zero-order chi connectivity index (χ0) is 24.6. The Bertz CT molecular complexity index is 1440. The van der Waals surface area contributed by atoms with Crippen LogP contribution < -0.4 is 10.6 Å². The quantitative estimate of drug-likeness (QED) is 0.186. The zero-order valence-corrected chi connectivity index (χ0v) is 18.4. The maximum Gasteiger partial charge on any atom is 0.409 e. The van der Waals surface area contributed by atoms with Gasteiger partial charge in [-0.25, -0.2) is 9.78 Å². The van der Waals surface area contributed by atoms with Gasteiger partial charge in [0.15, 0.2) is 5.78 Å². The molecule has 1 heterocycles. The van der Waals surface area contributed by atoms with E-state index in [1.54, 1.807) is 42.7 Å². The van der Waals surface area contributed by atoms with Crippen molar-refractivity contribution in [1.29, 1.82) is 0 Å². The number of aromatic nitrogens is 2. The largest absolute Gasteiger partial charge is 0.465 e. The second-order valence-corrected chi connectivity index (χ2v) is 7.47. The number of carboxylic acid groups (broad SMARTS) is 1. The van der Waals surface area contributed by atoms with Gasteiger partial charge in [0.05, 0.1) is 17.8 Å². The molecule has 0 aliphatic heterocycles. The summed E-state index contributed by atoms with van der Waals surface area (Å²) in [5.74, 6) is 5.64. The number of benzene rings is 3. The van der Waals surface area contributed by atoms with Crippen molar-refractivity contribution in [2.24, 2.45) is 0 Å². The zero-order valence-electron chi connectivity index (χ0n) is 18.4. The third-order valence-electron chi connectivity index (χ3n) is 4.94. The van der Waals surface area contributed by atoms with E-state index < -0.39 is 18.4 Å². The monoisotopic (exact) mass is 464 g/mol.